The first-order valence-corrected chi connectivity index (χ1v) is 8.17. The molecule has 0 spiro atoms. The molecular weight excluding hydrogens is 327 g/mol. The van der Waals surface area contributed by atoms with Crippen LogP contribution in [0.5, 0.6) is 0 Å². The minimum absolute atomic E-state index is 0.309. The van der Waals surface area contributed by atoms with E-state index in [0.717, 1.165) is 17.8 Å². The minimum atomic E-state index is -0.996. The van der Waals surface area contributed by atoms with Gasteiger partial charge < -0.3 is 20.5 Å². The summed E-state index contributed by atoms with van der Waals surface area (Å²) < 4.78 is 5.39. The number of carbonyl (C=O) groups is 1. The lowest BCUT2D eigenvalue weighted by atomic mass is 10.1. The molecule has 7 heteroatoms. The molecular formula is C15H22Cl2N2O3. The average Bonchev–Trinajstić information content (AvgIpc) is 2.51. The summed E-state index contributed by atoms with van der Waals surface area (Å²) in [5.74, 6) is -0.000814. The van der Waals surface area contributed by atoms with Crippen LogP contribution in [0, 0.1) is 0 Å². The van der Waals surface area contributed by atoms with Crippen LogP contribution in [0.4, 0.5) is 5.69 Å². The van der Waals surface area contributed by atoms with Crippen molar-refractivity contribution in [2.75, 3.05) is 43.0 Å². The molecule has 0 fully saturated rings. The molecule has 1 aromatic carbocycles. The molecule has 0 saturated carbocycles. The van der Waals surface area contributed by atoms with Crippen LogP contribution in [-0.2, 0) is 16.0 Å². The molecule has 5 nitrogen and oxygen atoms in total. The van der Waals surface area contributed by atoms with Gasteiger partial charge >= 0.3 is 5.97 Å². The first kappa shape index (κ1) is 19.0. The fourth-order valence-electron chi connectivity index (χ4n) is 1.99. The maximum Gasteiger partial charge on any atom is 0.320 e. The molecule has 0 bridgehead atoms. The van der Waals surface area contributed by atoms with E-state index in [4.69, 9.17) is 38.8 Å². The predicted molar refractivity (Wildman–Crippen MR) is 90.2 cm³/mol. The normalized spacial score (nSPS) is 12.1. The third kappa shape index (κ3) is 6.83. The Morgan fingerprint density at radius 2 is 1.86 bits per heavy atom. The number of ether oxygens (including phenoxy) is 1. The molecule has 1 aromatic rings. The summed E-state index contributed by atoms with van der Waals surface area (Å²) in [6.45, 7) is 2.54. The van der Waals surface area contributed by atoms with Crippen molar-refractivity contribution in [1.29, 1.82) is 0 Å². The maximum atomic E-state index is 10.8. The topological polar surface area (TPSA) is 75.8 Å². The number of halogens is 2. The Balaban J connectivity index is 2.61. The zero-order valence-corrected chi connectivity index (χ0v) is 13.9. The van der Waals surface area contributed by atoms with Crippen molar-refractivity contribution >= 4 is 34.9 Å². The van der Waals surface area contributed by atoms with Gasteiger partial charge in [0, 0.05) is 30.5 Å². The lowest BCUT2D eigenvalue weighted by Crippen LogP contribution is -2.32. The van der Waals surface area contributed by atoms with Crippen molar-refractivity contribution < 1.29 is 14.6 Å². The van der Waals surface area contributed by atoms with Gasteiger partial charge in [-0.05, 0) is 24.1 Å². The molecule has 0 aliphatic heterocycles. The van der Waals surface area contributed by atoms with Crippen LogP contribution in [-0.4, -0.2) is 55.2 Å². The van der Waals surface area contributed by atoms with Crippen LogP contribution in [0.2, 0.25) is 0 Å². The second kappa shape index (κ2) is 10.7. The van der Waals surface area contributed by atoms with Crippen molar-refractivity contribution in [3.63, 3.8) is 0 Å². The zero-order valence-electron chi connectivity index (χ0n) is 12.4. The summed E-state index contributed by atoms with van der Waals surface area (Å²) in [4.78, 5) is 12.9. The largest absolute Gasteiger partial charge is 0.480 e. The molecule has 22 heavy (non-hydrogen) atoms. The van der Waals surface area contributed by atoms with Crippen LogP contribution >= 0.6 is 23.2 Å². The quantitative estimate of drug-likeness (QED) is 0.472. The number of alkyl halides is 2. The number of nitrogens with zero attached hydrogens (tertiary/aromatic N) is 1. The SMILES string of the molecule is N[C@@H](Cc1ccc(N(CCCl)CCOCCCl)cc1)C(=O)O. The second-order valence-electron chi connectivity index (χ2n) is 4.79. The van der Waals surface area contributed by atoms with Crippen molar-refractivity contribution in [1.82, 2.24) is 0 Å². The first-order valence-electron chi connectivity index (χ1n) is 7.10. The van der Waals surface area contributed by atoms with Gasteiger partial charge in [0.25, 0.3) is 0 Å². The number of hydrogen-bond acceptors (Lipinski definition) is 4. The third-order valence-electron chi connectivity index (χ3n) is 3.16. The number of benzene rings is 1. The molecule has 1 rings (SSSR count). The zero-order chi connectivity index (χ0) is 16.4. The number of anilines is 1. The second-order valence-corrected chi connectivity index (χ2v) is 5.55. The van der Waals surface area contributed by atoms with Crippen LogP contribution < -0.4 is 10.6 Å². The first-order chi connectivity index (χ1) is 10.6. The van der Waals surface area contributed by atoms with E-state index in [1.807, 2.05) is 24.3 Å². The Bertz CT molecular complexity index is 443. The van der Waals surface area contributed by atoms with Crippen molar-refractivity contribution in [2.24, 2.45) is 5.73 Å². The smallest absolute Gasteiger partial charge is 0.320 e. The maximum absolute atomic E-state index is 10.8. The highest BCUT2D eigenvalue weighted by Crippen LogP contribution is 2.16. The Hall–Kier alpha value is -1.01. The van der Waals surface area contributed by atoms with E-state index in [1.165, 1.54) is 0 Å². The molecule has 1 atom stereocenters. The van der Waals surface area contributed by atoms with Gasteiger partial charge in [0.1, 0.15) is 6.04 Å². The van der Waals surface area contributed by atoms with E-state index < -0.39 is 12.0 Å². The predicted octanol–water partition coefficient (Wildman–Crippen LogP) is 1.94. The number of carboxylic acid groups (broad SMARTS) is 1. The van der Waals surface area contributed by atoms with Crippen LogP contribution in [0.3, 0.4) is 0 Å². The third-order valence-corrected chi connectivity index (χ3v) is 3.48. The van der Waals surface area contributed by atoms with Crippen molar-refractivity contribution in [3.05, 3.63) is 29.8 Å². The molecule has 0 amide bonds. The number of nitrogens with two attached hydrogens (primary N) is 1. The molecule has 0 unspecified atom stereocenters. The fraction of sp³-hybridized carbons (Fsp3) is 0.533. The highest BCUT2D eigenvalue weighted by Gasteiger charge is 2.12. The summed E-state index contributed by atoms with van der Waals surface area (Å²) in [7, 11) is 0. The van der Waals surface area contributed by atoms with E-state index in [0.29, 0.717) is 37.9 Å². The van der Waals surface area contributed by atoms with Crippen LogP contribution in [0.1, 0.15) is 5.56 Å². The van der Waals surface area contributed by atoms with Crippen LogP contribution in [0.25, 0.3) is 0 Å². The Morgan fingerprint density at radius 1 is 1.18 bits per heavy atom. The van der Waals surface area contributed by atoms with Gasteiger partial charge in [-0.1, -0.05) is 12.1 Å². The van der Waals surface area contributed by atoms with Gasteiger partial charge in [0.2, 0.25) is 0 Å². The molecule has 0 heterocycles. The lowest BCUT2D eigenvalue weighted by molar-refractivity contribution is -0.138. The molecule has 124 valence electrons. The highest BCUT2D eigenvalue weighted by molar-refractivity contribution is 6.18. The van der Waals surface area contributed by atoms with E-state index in [1.54, 1.807) is 0 Å². The van der Waals surface area contributed by atoms with E-state index in [9.17, 15) is 4.79 Å². The summed E-state index contributed by atoms with van der Waals surface area (Å²) >= 11 is 11.4. The Morgan fingerprint density at radius 3 is 2.41 bits per heavy atom. The standard InChI is InChI=1S/C15H22Cl2N2O3/c16-5-7-19(8-10-22-9-6-17)13-3-1-12(2-4-13)11-14(18)15(20)21/h1-4,14H,5-11,18H2,(H,20,21)/t14-/m0/s1. The highest BCUT2D eigenvalue weighted by atomic mass is 35.5. The van der Waals surface area contributed by atoms with Gasteiger partial charge in [-0.2, -0.15) is 0 Å². The monoisotopic (exact) mass is 348 g/mol. The molecule has 0 aliphatic carbocycles. The summed E-state index contributed by atoms with van der Waals surface area (Å²) in [6.07, 6.45) is 0.309. The van der Waals surface area contributed by atoms with Crippen molar-refractivity contribution in [2.45, 2.75) is 12.5 Å². The van der Waals surface area contributed by atoms with E-state index in [2.05, 4.69) is 4.90 Å². The van der Waals surface area contributed by atoms with Gasteiger partial charge in [-0.25, -0.2) is 0 Å². The Labute approximate surface area is 140 Å². The van der Waals surface area contributed by atoms with Gasteiger partial charge in [0.05, 0.1) is 13.2 Å². The van der Waals surface area contributed by atoms with Gasteiger partial charge in [-0.3, -0.25) is 4.79 Å². The fourth-order valence-corrected chi connectivity index (χ4v) is 2.30. The number of hydrogen-bond donors (Lipinski definition) is 2. The van der Waals surface area contributed by atoms with Gasteiger partial charge in [0.15, 0.2) is 0 Å². The molecule has 0 saturated heterocycles. The number of rotatable bonds is 11. The molecule has 0 aromatic heterocycles. The van der Waals surface area contributed by atoms with Gasteiger partial charge in [-0.15, -0.1) is 23.2 Å². The summed E-state index contributed by atoms with van der Waals surface area (Å²) in [6, 6.07) is 6.78. The number of aliphatic carboxylic acids is 1. The molecule has 0 aliphatic rings. The molecule has 3 N–H and O–H groups in total. The Kier molecular flexibility index (Phi) is 9.24. The molecule has 0 radical (unpaired) electrons. The minimum Gasteiger partial charge on any atom is -0.480 e. The summed E-state index contributed by atoms with van der Waals surface area (Å²) in [5.41, 5.74) is 7.44. The lowest BCUT2D eigenvalue weighted by Gasteiger charge is -2.24. The average molecular weight is 349 g/mol. The number of carboxylic acids is 1. The van der Waals surface area contributed by atoms with Crippen molar-refractivity contribution in [3.8, 4) is 0 Å². The van der Waals surface area contributed by atoms with Crippen LogP contribution in [0.15, 0.2) is 24.3 Å². The van der Waals surface area contributed by atoms with E-state index in [-0.39, 0.29) is 0 Å². The van der Waals surface area contributed by atoms with E-state index >= 15 is 0 Å². The summed E-state index contributed by atoms with van der Waals surface area (Å²) in [5, 5.41) is 8.83.